The zero-order chi connectivity index (χ0) is 24.5. The van der Waals surface area contributed by atoms with E-state index in [0.29, 0.717) is 21.5 Å². The van der Waals surface area contributed by atoms with Crippen LogP contribution >= 0.6 is 23.8 Å². The number of aromatic nitrogens is 2. The number of esters is 1. The maximum absolute atomic E-state index is 12.3. The van der Waals surface area contributed by atoms with Crippen LogP contribution in [0.25, 0.3) is 22.0 Å². The van der Waals surface area contributed by atoms with Crippen LogP contribution in [0.15, 0.2) is 36.5 Å². The molecule has 174 valence electrons. The molecule has 0 unspecified atom stereocenters. The Bertz CT molecular complexity index is 1190. The molecule has 0 aliphatic carbocycles. The monoisotopic (exact) mass is 488 g/mol. The molecule has 3 aromatic rings. The van der Waals surface area contributed by atoms with Gasteiger partial charge >= 0.3 is 12.1 Å². The second-order valence-electron chi connectivity index (χ2n) is 6.32. The number of pyridine rings is 2. The van der Waals surface area contributed by atoms with Crippen molar-refractivity contribution < 1.29 is 19.1 Å². The molecule has 2 aromatic heterocycles. The van der Waals surface area contributed by atoms with Crippen molar-refractivity contribution in [3.05, 3.63) is 52.8 Å². The number of alkyl carbamates (subject to hydrolysis) is 1. The first-order valence-electron chi connectivity index (χ1n) is 10.2. The van der Waals surface area contributed by atoms with Crippen molar-refractivity contribution >= 4 is 57.7 Å². The Kier molecular flexibility index (Phi) is 9.50. The number of anilines is 1. The van der Waals surface area contributed by atoms with Crippen molar-refractivity contribution in [1.82, 2.24) is 15.3 Å². The Morgan fingerprint density at radius 2 is 1.94 bits per heavy atom. The predicted octanol–water partition coefficient (Wildman–Crippen LogP) is 5.51. The van der Waals surface area contributed by atoms with Crippen LogP contribution in [0.5, 0.6) is 0 Å². The van der Waals surface area contributed by atoms with E-state index in [1.807, 2.05) is 26.0 Å². The lowest BCUT2D eigenvalue weighted by Gasteiger charge is -2.16. The normalized spacial score (nSPS) is 10.0. The van der Waals surface area contributed by atoms with E-state index < -0.39 is 12.1 Å². The van der Waals surface area contributed by atoms with Gasteiger partial charge in [0.15, 0.2) is 10.8 Å². The van der Waals surface area contributed by atoms with Crippen LogP contribution in [0.1, 0.15) is 36.8 Å². The van der Waals surface area contributed by atoms with Gasteiger partial charge in [0, 0.05) is 16.8 Å². The molecule has 0 fully saturated rings. The molecule has 2 heterocycles. The molecule has 0 aliphatic heterocycles. The first-order valence-corrected chi connectivity index (χ1v) is 11.0. The minimum Gasteiger partial charge on any atom is -0.464 e. The number of amides is 1. The molecule has 0 aliphatic rings. The summed E-state index contributed by atoms with van der Waals surface area (Å²) in [5, 5.41) is 6.39. The summed E-state index contributed by atoms with van der Waals surface area (Å²) in [6.07, 6.45) is 0.920. The molecule has 0 saturated heterocycles. The molecule has 2 N–H and O–H groups in total. The lowest BCUT2D eigenvalue weighted by atomic mass is 9.99. The molecule has 1 amide bonds. The van der Waals surface area contributed by atoms with E-state index in [1.165, 1.54) is 7.11 Å². The highest BCUT2D eigenvalue weighted by atomic mass is 35.5. The maximum Gasteiger partial charge on any atom is 0.413 e. The number of thiocarbonyl (C=S) groups is 1. The third-order valence-electron chi connectivity index (χ3n) is 4.36. The summed E-state index contributed by atoms with van der Waals surface area (Å²) >= 11 is 11.4. The topological polar surface area (TPSA) is 102 Å². The second kappa shape index (κ2) is 12.1. The number of fused-ring (bicyclic) bond motifs is 1. The minimum atomic E-state index is -0.710. The van der Waals surface area contributed by atoms with Crippen molar-refractivity contribution in [3.63, 3.8) is 0 Å². The van der Waals surface area contributed by atoms with Gasteiger partial charge in [-0.05, 0) is 55.4 Å². The van der Waals surface area contributed by atoms with Crippen LogP contribution in [0.2, 0.25) is 5.02 Å². The van der Waals surface area contributed by atoms with Gasteiger partial charge in [0.2, 0.25) is 0 Å². The molecule has 0 radical (unpaired) electrons. The fourth-order valence-corrected chi connectivity index (χ4v) is 3.40. The summed E-state index contributed by atoms with van der Waals surface area (Å²) in [4.78, 5) is 32.9. The fourth-order valence-electron chi connectivity index (χ4n) is 3.03. The van der Waals surface area contributed by atoms with Gasteiger partial charge in [-0.3, -0.25) is 10.3 Å². The van der Waals surface area contributed by atoms with Crippen molar-refractivity contribution in [2.24, 2.45) is 0 Å². The smallest absolute Gasteiger partial charge is 0.413 e. The average molecular weight is 489 g/mol. The SMILES string of the molecule is CC.CCOC(=O)NC(=S)Nc1nc(C(=O)OC)c(C)c2nccc(-c3cccc(Cl)c3)c12. The number of carbonyl (C=O) groups is 2. The summed E-state index contributed by atoms with van der Waals surface area (Å²) < 4.78 is 9.70. The Morgan fingerprint density at radius 3 is 2.58 bits per heavy atom. The highest BCUT2D eigenvalue weighted by Gasteiger charge is 2.21. The van der Waals surface area contributed by atoms with Gasteiger partial charge < -0.3 is 14.8 Å². The molecule has 0 atom stereocenters. The van der Waals surface area contributed by atoms with Crippen LogP contribution in [-0.4, -0.2) is 40.9 Å². The first-order chi connectivity index (χ1) is 15.8. The third-order valence-corrected chi connectivity index (χ3v) is 4.80. The Balaban J connectivity index is 0.00000187. The number of benzene rings is 1. The van der Waals surface area contributed by atoms with Crippen LogP contribution < -0.4 is 10.6 Å². The number of hydrogen-bond donors (Lipinski definition) is 2. The van der Waals surface area contributed by atoms with Gasteiger partial charge in [-0.15, -0.1) is 0 Å². The molecule has 0 saturated carbocycles. The molecule has 1 aromatic carbocycles. The number of nitrogens with zero attached hydrogens (tertiary/aromatic N) is 2. The van der Waals surface area contributed by atoms with Gasteiger partial charge in [-0.2, -0.15) is 0 Å². The van der Waals surface area contributed by atoms with Crippen LogP contribution in [0, 0.1) is 6.92 Å². The number of aryl methyl sites for hydroxylation is 1. The van der Waals surface area contributed by atoms with Gasteiger partial charge in [-0.25, -0.2) is 14.6 Å². The number of nitrogens with one attached hydrogen (secondary N) is 2. The quantitative estimate of drug-likeness (QED) is 0.366. The molecule has 0 spiro atoms. The standard InChI is InChI=1S/C21H19ClN4O4S.C2H6/c1-4-30-21(28)26-20(31)25-18-15-14(12-6-5-7-13(22)10-12)8-9-23-16(15)11(2)17(24-18)19(27)29-3;1-2/h5-10H,4H2,1-3H3,(H2,24,25,26,28,31);1-2H3. The molecule has 33 heavy (non-hydrogen) atoms. The number of carbonyl (C=O) groups excluding carboxylic acids is 2. The van der Waals surface area contributed by atoms with E-state index in [-0.39, 0.29) is 23.2 Å². The summed E-state index contributed by atoms with van der Waals surface area (Å²) in [6, 6.07) is 9.10. The van der Waals surface area contributed by atoms with Crippen LogP contribution in [0.4, 0.5) is 10.6 Å². The lowest BCUT2D eigenvalue weighted by molar-refractivity contribution is 0.0593. The Labute approximate surface area is 202 Å². The van der Waals surface area contributed by atoms with Crippen molar-refractivity contribution in [3.8, 4) is 11.1 Å². The van der Waals surface area contributed by atoms with E-state index in [1.54, 1.807) is 38.2 Å². The first kappa shape index (κ1) is 26.0. The number of hydrogen-bond acceptors (Lipinski definition) is 7. The van der Waals surface area contributed by atoms with E-state index in [2.05, 4.69) is 20.6 Å². The lowest BCUT2D eigenvalue weighted by Crippen LogP contribution is -2.35. The van der Waals surface area contributed by atoms with E-state index in [0.717, 1.165) is 11.1 Å². The van der Waals surface area contributed by atoms with Gasteiger partial charge in [0.1, 0.15) is 5.82 Å². The number of rotatable bonds is 4. The largest absolute Gasteiger partial charge is 0.464 e. The fraction of sp³-hybridized carbons (Fsp3) is 0.261. The number of halogens is 1. The van der Waals surface area contributed by atoms with Gasteiger partial charge in [-0.1, -0.05) is 37.6 Å². The molecular weight excluding hydrogens is 464 g/mol. The highest BCUT2D eigenvalue weighted by Crippen LogP contribution is 2.35. The summed E-state index contributed by atoms with van der Waals surface area (Å²) in [6.45, 7) is 7.60. The van der Waals surface area contributed by atoms with Crippen molar-refractivity contribution in [1.29, 1.82) is 0 Å². The van der Waals surface area contributed by atoms with Gasteiger partial charge in [0.25, 0.3) is 0 Å². The zero-order valence-corrected chi connectivity index (χ0v) is 20.6. The van der Waals surface area contributed by atoms with E-state index in [4.69, 9.17) is 33.3 Å². The minimum absolute atomic E-state index is 0.0483. The van der Waals surface area contributed by atoms with Crippen LogP contribution in [-0.2, 0) is 9.47 Å². The zero-order valence-electron chi connectivity index (χ0n) is 19.0. The second-order valence-corrected chi connectivity index (χ2v) is 7.16. The predicted molar refractivity (Wildman–Crippen MR) is 134 cm³/mol. The number of ether oxygens (including phenoxy) is 2. The van der Waals surface area contributed by atoms with E-state index in [9.17, 15) is 9.59 Å². The molecular formula is C23H25ClN4O4S. The van der Waals surface area contributed by atoms with Crippen molar-refractivity contribution in [2.75, 3.05) is 19.0 Å². The van der Waals surface area contributed by atoms with Crippen molar-refractivity contribution in [2.45, 2.75) is 27.7 Å². The third kappa shape index (κ3) is 6.15. The van der Waals surface area contributed by atoms with Gasteiger partial charge in [0.05, 0.1) is 24.6 Å². The molecule has 3 rings (SSSR count). The molecule has 0 bridgehead atoms. The highest BCUT2D eigenvalue weighted by molar-refractivity contribution is 7.80. The average Bonchev–Trinajstić information content (AvgIpc) is 2.81. The summed E-state index contributed by atoms with van der Waals surface area (Å²) in [5.41, 5.74) is 2.72. The summed E-state index contributed by atoms with van der Waals surface area (Å²) in [7, 11) is 1.27. The van der Waals surface area contributed by atoms with Crippen LogP contribution in [0.3, 0.4) is 0 Å². The molecule has 8 nitrogen and oxygen atoms in total. The maximum atomic E-state index is 12.3. The Hall–Kier alpha value is -3.30. The van der Waals surface area contributed by atoms with E-state index >= 15 is 0 Å². The Morgan fingerprint density at radius 1 is 1.21 bits per heavy atom. The summed E-state index contributed by atoms with van der Waals surface area (Å²) in [5.74, 6) is -0.396. The number of methoxy groups -OCH3 is 1. The molecule has 10 heteroatoms.